The fourth-order valence-corrected chi connectivity index (χ4v) is 2.78. The van der Waals surface area contributed by atoms with Crippen molar-refractivity contribution in [1.29, 1.82) is 0 Å². The number of rotatable bonds is 5. The highest BCUT2D eigenvalue weighted by molar-refractivity contribution is 7.14. The van der Waals surface area contributed by atoms with Crippen LogP contribution in [0.5, 0.6) is 0 Å². The molecule has 6 nitrogen and oxygen atoms in total. The van der Waals surface area contributed by atoms with Crippen molar-refractivity contribution in [3.8, 4) is 0 Å². The standard InChI is InChI=1S/C17H14N4O2S/c18-15(22)12-8-4-5-9-13(12)20-16(23)14-10-24-17(21-14)19-11-6-2-1-3-7-11/h1-10H,(H2,18,22)(H,19,21)(H,20,23). The highest BCUT2D eigenvalue weighted by atomic mass is 32.1. The summed E-state index contributed by atoms with van der Waals surface area (Å²) < 4.78 is 0. The number of para-hydroxylation sites is 2. The zero-order chi connectivity index (χ0) is 16.9. The second kappa shape index (κ2) is 6.93. The van der Waals surface area contributed by atoms with Crippen LogP contribution in [0.15, 0.2) is 60.0 Å². The van der Waals surface area contributed by atoms with E-state index >= 15 is 0 Å². The molecular formula is C17H14N4O2S. The number of thiazole rings is 1. The smallest absolute Gasteiger partial charge is 0.275 e. The maximum atomic E-state index is 12.3. The van der Waals surface area contributed by atoms with Crippen LogP contribution in [0.2, 0.25) is 0 Å². The summed E-state index contributed by atoms with van der Waals surface area (Å²) in [5.74, 6) is -1.00. The topological polar surface area (TPSA) is 97.1 Å². The number of nitrogens with two attached hydrogens (primary N) is 1. The van der Waals surface area contributed by atoms with Gasteiger partial charge in [-0.05, 0) is 24.3 Å². The zero-order valence-corrected chi connectivity index (χ0v) is 13.3. The van der Waals surface area contributed by atoms with Gasteiger partial charge in [-0.2, -0.15) is 0 Å². The summed E-state index contributed by atoms with van der Waals surface area (Å²) in [5.41, 5.74) is 7.07. The summed E-state index contributed by atoms with van der Waals surface area (Å²) in [6, 6.07) is 16.1. The molecule has 0 spiro atoms. The molecule has 7 heteroatoms. The number of nitrogens with one attached hydrogen (secondary N) is 2. The summed E-state index contributed by atoms with van der Waals surface area (Å²) in [4.78, 5) is 28.0. The molecule has 0 saturated heterocycles. The average Bonchev–Trinajstić information content (AvgIpc) is 3.05. The van der Waals surface area contributed by atoms with Crippen molar-refractivity contribution in [2.75, 3.05) is 10.6 Å². The van der Waals surface area contributed by atoms with Gasteiger partial charge in [0.15, 0.2) is 5.13 Å². The Morgan fingerprint density at radius 2 is 1.71 bits per heavy atom. The molecule has 2 amide bonds. The molecule has 1 aromatic heterocycles. The minimum atomic E-state index is -0.601. The predicted molar refractivity (Wildman–Crippen MR) is 94.8 cm³/mol. The van der Waals surface area contributed by atoms with Gasteiger partial charge in [0.05, 0.1) is 11.3 Å². The Bertz CT molecular complexity index is 877. The van der Waals surface area contributed by atoms with Crippen LogP contribution in [0.3, 0.4) is 0 Å². The van der Waals surface area contributed by atoms with Crippen LogP contribution in [0.4, 0.5) is 16.5 Å². The molecular weight excluding hydrogens is 324 g/mol. The van der Waals surface area contributed by atoms with Crippen LogP contribution in [-0.4, -0.2) is 16.8 Å². The zero-order valence-electron chi connectivity index (χ0n) is 12.5. The fraction of sp³-hybridized carbons (Fsp3) is 0. The molecule has 0 saturated carbocycles. The van der Waals surface area contributed by atoms with E-state index in [9.17, 15) is 9.59 Å². The second-order valence-electron chi connectivity index (χ2n) is 4.89. The molecule has 0 aliphatic heterocycles. The van der Waals surface area contributed by atoms with Crippen LogP contribution in [-0.2, 0) is 0 Å². The highest BCUT2D eigenvalue weighted by Gasteiger charge is 2.14. The molecule has 0 aliphatic carbocycles. The van der Waals surface area contributed by atoms with Gasteiger partial charge < -0.3 is 16.4 Å². The summed E-state index contributed by atoms with van der Waals surface area (Å²) in [6.45, 7) is 0. The van der Waals surface area contributed by atoms with Gasteiger partial charge in [0, 0.05) is 11.1 Å². The van der Waals surface area contributed by atoms with E-state index in [0.29, 0.717) is 10.8 Å². The van der Waals surface area contributed by atoms with E-state index in [-0.39, 0.29) is 11.3 Å². The number of carbonyl (C=O) groups excluding carboxylic acids is 2. The number of carbonyl (C=O) groups is 2. The van der Waals surface area contributed by atoms with Crippen LogP contribution < -0.4 is 16.4 Å². The van der Waals surface area contributed by atoms with Crippen molar-refractivity contribution < 1.29 is 9.59 Å². The number of primary amides is 1. The van der Waals surface area contributed by atoms with E-state index < -0.39 is 11.8 Å². The number of aromatic nitrogens is 1. The minimum Gasteiger partial charge on any atom is -0.366 e. The van der Waals surface area contributed by atoms with E-state index in [0.717, 1.165) is 5.69 Å². The first-order chi connectivity index (χ1) is 11.6. The summed E-state index contributed by atoms with van der Waals surface area (Å²) >= 11 is 1.32. The Labute approximate surface area is 142 Å². The molecule has 2 aromatic carbocycles. The molecule has 0 unspecified atom stereocenters. The Morgan fingerprint density at radius 1 is 1.00 bits per heavy atom. The van der Waals surface area contributed by atoms with Crippen molar-refractivity contribution in [2.45, 2.75) is 0 Å². The van der Waals surface area contributed by atoms with Crippen molar-refractivity contribution in [2.24, 2.45) is 5.73 Å². The summed E-state index contributed by atoms with van der Waals surface area (Å²) in [6.07, 6.45) is 0. The van der Waals surface area contributed by atoms with E-state index in [4.69, 9.17) is 5.73 Å². The van der Waals surface area contributed by atoms with Crippen molar-refractivity contribution in [1.82, 2.24) is 4.98 Å². The number of hydrogen-bond donors (Lipinski definition) is 3. The third-order valence-corrected chi connectivity index (χ3v) is 3.96. The molecule has 0 radical (unpaired) electrons. The molecule has 4 N–H and O–H groups in total. The highest BCUT2D eigenvalue weighted by Crippen LogP contribution is 2.22. The minimum absolute atomic E-state index is 0.253. The number of anilines is 3. The number of benzene rings is 2. The predicted octanol–water partition coefficient (Wildman–Crippen LogP) is 3.24. The van der Waals surface area contributed by atoms with Gasteiger partial charge >= 0.3 is 0 Å². The quantitative estimate of drug-likeness (QED) is 0.665. The molecule has 0 aliphatic rings. The molecule has 120 valence electrons. The Kier molecular flexibility index (Phi) is 4.53. The number of hydrogen-bond acceptors (Lipinski definition) is 5. The largest absolute Gasteiger partial charge is 0.366 e. The lowest BCUT2D eigenvalue weighted by molar-refractivity contribution is 0.100. The molecule has 1 heterocycles. The second-order valence-corrected chi connectivity index (χ2v) is 5.75. The van der Waals surface area contributed by atoms with E-state index in [1.807, 2.05) is 30.3 Å². The Balaban J connectivity index is 1.74. The molecule has 3 aromatic rings. The van der Waals surface area contributed by atoms with Crippen molar-refractivity contribution >= 4 is 39.7 Å². The normalized spacial score (nSPS) is 10.2. The van der Waals surface area contributed by atoms with Gasteiger partial charge in [0.1, 0.15) is 5.69 Å². The van der Waals surface area contributed by atoms with Gasteiger partial charge in [0.25, 0.3) is 11.8 Å². The maximum Gasteiger partial charge on any atom is 0.275 e. The van der Waals surface area contributed by atoms with Crippen LogP contribution in [0, 0.1) is 0 Å². The van der Waals surface area contributed by atoms with Crippen molar-refractivity contribution in [3.05, 3.63) is 71.2 Å². The summed E-state index contributed by atoms with van der Waals surface area (Å²) in [5, 5.41) is 8.04. The number of nitrogens with zero attached hydrogens (tertiary/aromatic N) is 1. The molecule has 0 bridgehead atoms. The van der Waals surface area contributed by atoms with Gasteiger partial charge in [-0.15, -0.1) is 11.3 Å². The maximum absolute atomic E-state index is 12.3. The lowest BCUT2D eigenvalue weighted by Gasteiger charge is -2.07. The lowest BCUT2D eigenvalue weighted by atomic mass is 10.1. The molecule has 24 heavy (non-hydrogen) atoms. The SMILES string of the molecule is NC(=O)c1ccccc1NC(=O)c1csc(Nc2ccccc2)n1. The molecule has 0 fully saturated rings. The van der Waals surface area contributed by atoms with Crippen LogP contribution >= 0.6 is 11.3 Å². The van der Waals surface area contributed by atoms with E-state index in [2.05, 4.69) is 15.6 Å². The van der Waals surface area contributed by atoms with Crippen molar-refractivity contribution in [3.63, 3.8) is 0 Å². The van der Waals surface area contributed by atoms with E-state index in [1.165, 1.54) is 11.3 Å². The van der Waals surface area contributed by atoms with Gasteiger partial charge in [-0.1, -0.05) is 30.3 Å². The Morgan fingerprint density at radius 3 is 2.46 bits per heavy atom. The molecule has 3 rings (SSSR count). The van der Waals surface area contributed by atoms with Gasteiger partial charge in [-0.25, -0.2) is 4.98 Å². The first-order valence-corrected chi connectivity index (χ1v) is 7.99. The number of amides is 2. The fourth-order valence-electron chi connectivity index (χ4n) is 2.07. The van der Waals surface area contributed by atoms with Crippen LogP contribution in [0.25, 0.3) is 0 Å². The monoisotopic (exact) mass is 338 g/mol. The first kappa shape index (κ1) is 15.7. The van der Waals surface area contributed by atoms with E-state index in [1.54, 1.807) is 29.6 Å². The third-order valence-electron chi connectivity index (χ3n) is 3.20. The van der Waals surface area contributed by atoms with Gasteiger partial charge in [-0.3, -0.25) is 9.59 Å². The Hall–Kier alpha value is -3.19. The first-order valence-electron chi connectivity index (χ1n) is 7.11. The summed E-state index contributed by atoms with van der Waals surface area (Å²) in [7, 11) is 0. The molecule has 0 atom stereocenters. The van der Waals surface area contributed by atoms with Crippen LogP contribution in [0.1, 0.15) is 20.8 Å². The lowest BCUT2D eigenvalue weighted by Crippen LogP contribution is -2.18. The average molecular weight is 338 g/mol. The third kappa shape index (κ3) is 3.58. The van der Waals surface area contributed by atoms with Gasteiger partial charge in [0.2, 0.25) is 0 Å².